The lowest BCUT2D eigenvalue weighted by molar-refractivity contribution is -0.124. The molecule has 0 saturated heterocycles. The van der Waals surface area contributed by atoms with Crippen molar-refractivity contribution in [1.82, 2.24) is 15.3 Å². The molecule has 0 aliphatic heterocycles. The minimum atomic E-state index is -0.0520. The highest BCUT2D eigenvalue weighted by molar-refractivity contribution is 7.13. The van der Waals surface area contributed by atoms with Crippen molar-refractivity contribution in [3.63, 3.8) is 0 Å². The summed E-state index contributed by atoms with van der Waals surface area (Å²) in [5.41, 5.74) is 12.8. The van der Waals surface area contributed by atoms with Gasteiger partial charge < -0.3 is 16.8 Å². The topological polar surface area (TPSA) is 119 Å². The van der Waals surface area contributed by atoms with Gasteiger partial charge in [-0.3, -0.25) is 4.79 Å². The minimum Gasteiger partial charge on any atom is -0.370 e. The normalized spacial score (nSPS) is 10.5. The van der Waals surface area contributed by atoms with E-state index in [9.17, 15) is 4.79 Å². The highest BCUT2D eigenvalue weighted by Gasteiger charge is 2.09. The number of rotatable bonds is 5. The lowest BCUT2D eigenvalue weighted by Gasteiger charge is -2.07. The molecule has 2 aromatic rings. The number of aliphatic imine (C=N–C) groups is 1. The summed E-state index contributed by atoms with van der Waals surface area (Å²) >= 11 is 1.33. The van der Waals surface area contributed by atoms with Crippen molar-refractivity contribution in [2.24, 2.45) is 22.4 Å². The highest BCUT2D eigenvalue weighted by atomic mass is 32.1. The molecular formula is C14H18N6OS. The molecule has 8 heteroatoms. The Kier molecular flexibility index (Phi) is 5.05. The van der Waals surface area contributed by atoms with E-state index < -0.39 is 0 Å². The van der Waals surface area contributed by atoms with Crippen molar-refractivity contribution in [2.75, 3.05) is 0 Å². The molecule has 0 fully saturated rings. The number of guanidine groups is 1. The first-order valence-corrected chi connectivity index (χ1v) is 7.63. The van der Waals surface area contributed by atoms with E-state index in [1.807, 2.05) is 37.4 Å². The number of amides is 1. The number of nitrogens with zero attached hydrogens (tertiary/aromatic N) is 3. The largest absolute Gasteiger partial charge is 0.370 e. The zero-order chi connectivity index (χ0) is 16.1. The van der Waals surface area contributed by atoms with Crippen molar-refractivity contribution in [2.45, 2.75) is 20.4 Å². The molecule has 1 amide bonds. The average Bonchev–Trinajstić information content (AvgIpc) is 2.92. The van der Waals surface area contributed by atoms with Crippen LogP contribution in [-0.4, -0.2) is 21.8 Å². The second-order valence-electron chi connectivity index (χ2n) is 4.94. The van der Waals surface area contributed by atoms with E-state index in [0.29, 0.717) is 23.1 Å². The number of aromatic nitrogens is 2. The molecule has 0 aliphatic carbocycles. The second kappa shape index (κ2) is 6.99. The zero-order valence-electron chi connectivity index (χ0n) is 12.4. The van der Waals surface area contributed by atoms with E-state index >= 15 is 0 Å². The molecule has 0 atom stereocenters. The Morgan fingerprint density at radius 3 is 2.77 bits per heavy atom. The number of carbonyl (C=O) groups excluding carboxylic acids is 1. The molecule has 0 aromatic carbocycles. The fourth-order valence-corrected chi connectivity index (χ4v) is 2.35. The Hall–Kier alpha value is -2.48. The Morgan fingerprint density at radius 1 is 1.32 bits per heavy atom. The molecule has 7 nitrogen and oxygen atoms in total. The first-order valence-electron chi connectivity index (χ1n) is 6.75. The van der Waals surface area contributed by atoms with Crippen molar-refractivity contribution in [3.05, 3.63) is 29.3 Å². The summed E-state index contributed by atoms with van der Waals surface area (Å²) in [6.07, 6.45) is 0. The molecule has 0 spiro atoms. The molecule has 2 aromatic heterocycles. The number of thiazole rings is 1. The van der Waals surface area contributed by atoms with Gasteiger partial charge in [-0.1, -0.05) is 19.9 Å². The number of carbonyl (C=O) groups is 1. The van der Waals surface area contributed by atoms with E-state index in [4.69, 9.17) is 11.5 Å². The van der Waals surface area contributed by atoms with E-state index in [-0.39, 0.29) is 17.8 Å². The number of hydrogen-bond donors (Lipinski definition) is 3. The summed E-state index contributed by atoms with van der Waals surface area (Å²) in [6, 6.07) is 5.58. The fraction of sp³-hybridized carbons (Fsp3) is 0.286. The van der Waals surface area contributed by atoms with Crippen LogP contribution in [0.4, 0.5) is 5.13 Å². The number of hydrogen-bond acceptors (Lipinski definition) is 5. The maximum absolute atomic E-state index is 11.6. The number of nitrogens with one attached hydrogen (secondary N) is 1. The molecule has 116 valence electrons. The van der Waals surface area contributed by atoms with Crippen LogP contribution in [0.5, 0.6) is 0 Å². The summed E-state index contributed by atoms with van der Waals surface area (Å²) in [7, 11) is 0. The first kappa shape index (κ1) is 15.9. The Morgan fingerprint density at radius 2 is 2.09 bits per heavy atom. The standard InChI is InChI=1S/C14H18N6OS/c1-8(2)12(21)17-6-9-4-3-5-10(18-9)11-7-22-14(19-11)20-13(15)16/h3-5,7-8H,6H2,1-2H3,(H,17,21)(H4,15,16,19,20). The van der Waals surface area contributed by atoms with Gasteiger partial charge in [-0.05, 0) is 12.1 Å². The highest BCUT2D eigenvalue weighted by Crippen LogP contribution is 2.25. The van der Waals surface area contributed by atoms with E-state index in [0.717, 1.165) is 5.69 Å². The third kappa shape index (κ3) is 4.26. The van der Waals surface area contributed by atoms with Crippen molar-refractivity contribution in [1.29, 1.82) is 0 Å². The molecule has 0 radical (unpaired) electrons. The molecular weight excluding hydrogens is 300 g/mol. The molecule has 22 heavy (non-hydrogen) atoms. The van der Waals surface area contributed by atoms with Gasteiger partial charge in [0.15, 0.2) is 5.96 Å². The molecule has 5 N–H and O–H groups in total. The Balaban J connectivity index is 2.13. The van der Waals surface area contributed by atoms with Crippen LogP contribution in [-0.2, 0) is 11.3 Å². The molecule has 0 saturated carbocycles. The van der Waals surface area contributed by atoms with Crippen molar-refractivity contribution >= 4 is 28.3 Å². The van der Waals surface area contributed by atoms with E-state index in [1.165, 1.54) is 11.3 Å². The fourth-order valence-electron chi connectivity index (χ4n) is 1.65. The first-order chi connectivity index (χ1) is 10.5. The van der Waals surface area contributed by atoms with Crippen LogP contribution in [0.1, 0.15) is 19.5 Å². The number of pyridine rings is 1. The molecule has 0 aliphatic rings. The summed E-state index contributed by atoms with van der Waals surface area (Å²) in [5, 5.41) is 5.15. The van der Waals surface area contributed by atoms with Crippen molar-refractivity contribution < 1.29 is 4.79 Å². The summed E-state index contributed by atoms with van der Waals surface area (Å²) in [6.45, 7) is 4.08. The molecule has 2 heterocycles. The van der Waals surface area contributed by atoms with Crippen LogP contribution >= 0.6 is 11.3 Å². The van der Waals surface area contributed by atoms with Crippen LogP contribution in [0.2, 0.25) is 0 Å². The van der Waals surface area contributed by atoms with Crippen molar-refractivity contribution in [3.8, 4) is 11.4 Å². The predicted octanol–water partition coefficient (Wildman–Crippen LogP) is 1.38. The average molecular weight is 318 g/mol. The van der Waals surface area contributed by atoms with Gasteiger partial charge in [0.05, 0.1) is 17.9 Å². The maximum atomic E-state index is 11.6. The molecule has 0 unspecified atom stereocenters. The molecule has 0 bridgehead atoms. The SMILES string of the molecule is CC(C)C(=O)NCc1cccc(-c2csc(N=C(N)N)n2)n1. The van der Waals surface area contributed by atoms with Crippen LogP contribution in [0.3, 0.4) is 0 Å². The van der Waals surface area contributed by atoms with Gasteiger partial charge in [-0.15, -0.1) is 11.3 Å². The van der Waals surface area contributed by atoms with Gasteiger partial charge in [-0.2, -0.15) is 4.99 Å². The van der Waals surface area contributed by atoms with Crippen LogP contribution in [0.25, 0.3) is 11.4 Å². The van der Waals surface area contributed by atoms with Gasteiger partial charge in [0.25, 0.3) is 0 Å². The minimum absolute atomic E-state index is 0.00379. The third-order valence-corrected chi connectivity index (χ3v) is 3.49. The zero-order valence-corrected chi connectivity index (χ0v) is 13.2. The van der Waals surface area contributed by atoms with E-state index in [1.54, 1.807) is 0 Å². The Bertz CT molecular complexity index is 690. The maximum Gasteiger partial charge on any atom is 0.222 e. The quantitative estimate of drug-likeness (QED) is 0.568. The molecule has 2 rings (SSSR count). The predicted molar refractivity (Wildman–Crippen MR) is 87.5 cm³/mol. The Labute approximate surface area is 132 Å². The van der Waals surface area contributed by atoms with Crippen LogP contribution < -0.4 is 16.8 Å². The van der Waals surface area contributed by atoms with Gasteiger partial charge in [0.1, 0.15) is 5.69 Å². The second-order valence-corrected chi connectivity index (χ2v) is 5.78. The van der Waals surface area contributed by atoms with Crippen LogP contribution in [0.15, 0.2) is 28.6 Å². The van der Waals surface area contributed by atoms with Gasteiger partial charge >= 0.3 is 0 Å². The summed E-state index contributed by atoms with van der Waals surface area (Å²) in [5.74, 6) is -0.0845. The monoisotopic (exact) mass is 318 g/mol. The van der Waals surface area contributed by atoms with Gasteiger partial charge in [-0.25, -0.2) is 9.97 Å². The van der Waals surface area contributed by atoms with Gasteiger partial charge in [0.2, 0.25) is 11.0 Å². The third-order valence-electron chi connectivity index (χ3n) is 2.75. The number of nitrogens with two attached hydrogens (primary N) is 2. The van der Waals surface area contributed by atoms with E-state index in [2.05, 4.69) is 20.3 Å². The smallest absolute Gasteiger partial charge is 0.222 e. The van der Waals surface area contributed by atoms with Gasteiger partial charge in [0, 0.05) is 11.3 Å². The lowest BCUT2D eigenvalue weighted by atomic mass is 10.2. The summed E-state index contributed by atoms with van der Waals surface area (Å²) < 4.78 is 0. The van der Waals surface area contributed by atoms with Crippen LogP contribution in [0, 0.1) is 5.92 Å². The lowest BCUT2D eigenvalue weighted by Crippen LogP contribution is -2.27. The summed E-state index contributed by atoms with van der Waals surface area (Å²) in [4.78, 5) is 24.3.